The number of pyridine rings is 2. The SMILES string of the molecule is CCN1CCN(c2cc3c(cc2F)c(=O)c(-c2nnc4sc(-c5cn(C6CC6)c6cc(N7CCNCC7)c(F)cc6c5=O)nn24)cn3C2CC2)CC1.Cl.Cl. The molecule has 2 aliphatic heterocycles. The lowest BCUT2D eigenvalue weighted by molar-refractivity contribution is 0.270. The Morgan fingerprint density at radius 2 is 1.28 bits per heavy atom. The second-order valence-corrected chi connectivity index (χ2v) is 15.4. The molecule has 2 saturated carbocycles. The lowest BCUT2D eigenvalue weighted by atomic mass is 10.1. The molecule has 2 aliphatic carbocycles. The third kappa shape index (κ3) is 6.13. The van der Waals surface area contributed by atoms with Gasteiger partial charge in [0.1, 0.15) is 11.6 Å². The zero-order valence-corrected chi connectivity index (χ0v) is 32.1. The number of rotatable bonds is 7. The number of hydrogen-bond acceptors (Lipinski definition) is 10. The Hall–Kier alpha value is -4.15. The van der Waals surface area contributed by atoms with Gasteiger partial charge < -0.3 is 29.2 Å². The van der Waals surface area contributed by atoms with Crippen LogP contribution in [0.2, 0.25) is 0 Å². The quantitative estimate of drug-likeness (QED) is 0.225. The summed E-state index contributed by atoms with van der Waals surface area (Å²) in [4.78, 5) is 35.1. The highest BCUT2D eigenvalue weighted by Gasteiger charge is 2.31. The van der Waals surface area contributed by atoms with E-state index in [-0.39, 0.29) is 64.5 Å². The number of halogens is 4. The first kappa shape index (κ1) is 36.8. The van der Waals surface area contributed by atoms with E-state index in [1.165, 1.54) is 28.0 Å². The van der Waals surface area contributed by atoms with Crippen LogP contribution in [0.25, 0.3) is 48.7 Å². The monoisotopic (exact) mass is 796 g/mol. The van der Waals surface area contributed by atoms with Crippen LogP contribution in [-0.4, -0.2) is 92.7 Å². The fourth-order valence-corrected chi connectivity index (χ4v) is 8.77. The molecule has 4 aliphatic rings. The summed E-state index contributed by atoms with van der Waals surface area (Å²) in [6.07, 6.45) is 7.51. The van der Waals surface area contributed by atoms with Crippen molar-refractivity contribution in [2.75, 3.05) is 68.7 Å². The van der Waals surface area contributed by atoms with Crippen LogP contribution in [0.1, 0.15) is 44.7 Å². The van der Waals surface area contributed by atoms with E-state index in [1.807, 2.05) is 29.4 Å². The Bertz CT molecular complexity index is 2530. The van der Waals surface area contributed by atoms with Gasteiger partial charge in [0.15, 0.2) is 16.3 Å². The molecule has 0 unspecified atom stereocenters. The maximum atomic E-state index is 15.8. The molecule has 284 valence electrons. The Morgan fingerprint density at radius 3 is 1.83 bits per heavy atom. The largest absolute Gasteiger partial charge is 0.367 e. The van der Waals surface area contributed by atoms with Crippen LogP contribution in [0.5, 0.6) is 0 Å². The lowest BCUT2D eigenvalue weighted by Crippen LogP contribution is -2.46. The second kappa shape index (κ2) is 14.2. The third-order valence-electron chi connectivity index (χ3n) is 11.2. The van der Waals surface area contributed by atoms with Crippen molar-refractivity contribution < 1.29 is 8.78 Å². The van der Waals surface area contributed by atoms with Crippen molar-refractivity contribution in [2.24, 2.45) is 0 Å². The molecule has 0 spiro atoms. The van der Waals surface area contributed by atoms with Crippen LogP contribution in [0, 0.1) is 11.6 Å². The minimum atomic E-state index is -0.420. The topological polar surface area (TPSA) is 109 Å². The van der Waals surface area contributed by atoms with Crippen molar-refractivity contribution in [1.29, 1.82) is 0 Å². The summed E-state index contributed by atoms with van der Waals surface area (Å²) in [6.45, 7) is 9.21. The van der Waals surface area contributed by atoms with E-state index >= 15 is 8.78 Å². The molecule has 6 aromatic rings. The van der Waals surface area contributed by atoms with E-state index in [0.29, 0.717) is 56.4 Å². The molecular weight excluding hydrogens is 757 g/mol. The molecule has 17 heteroatoms. The van der Waals surface area contributed by atoms with Gasteiger partial charge >= 0.3 is 0 Å². The minimum Gasteiger partial charge on any atom is -0.367 e. The summed E-state index contributed by atoms with van der Waals surface area (Å²) in [7, 11) is 0. The van der Waals surface area contributed by atoms with Crippen LogP contribution in [-0.2, 0) is 0 Å². The lowest BCUT2D eigenvalue weighted by Gasteiger charge is -2.35. The molecule has 0 bridgehead atoms. The van der Waals surface area contributed by atoms with Gasteiger partial charge in [-0.15, -0.1) is 35.0 Å². The van der Waals surface area contributed by atoms with E-state index in [0.717, 1.165) is 71.5 Å². The number of nitrogens with one attached hydrogen (secondary N) is 1. The van der Waals surface area contributed by atoms with Crippen LogP contribution in [0.4, 0.5) is 20.2 Å². The molecule has 4 fully saturated rings. The zero-order valence-electron chi connectivity index (χ0n) is 29.6. The molecule has 0 atom stereocenters. The van der Waals surface area contributed by atoms with Crippen LogP contribution < -0.4 is 26.0 Å². The summed E-state index contributed by atoms with van der Waals surface area (Å²) in [5.74, 6) is -0.609. The first-order valence-corrected chi connectivity index (χ1v) is 19.1. The van der Waals surface area contributed by atoms with E-state index in [9.17, 15) is 9.59 Å². The van der Waals surface area contributed by atoms with Crippen molar-refractivity contribution in [2.45, 2.75) is 44.7 Å². The molecule has 2 aromatic carbocycles. The summed E-state index contributed by atoms with van der Waals surface area (Å²) in [6, 6.07) is 6.79. The van der Waals surface area contributed by atoms with Gasteiger partial charge in [-0.25, -0.2) is 8.78 Å². The van der Waals surface area contributed by atoms with Crippen LogP contribution in [0.3, 0.4) is 0 Å². The fourth-order valence-electron chi connectivity index (χ4n) is 7.93. The van der Waals surface area contributed by atoms with Gasteiger partial charge in [-0.2, -0.15) is 9.61 Å². The third-order valence-corrected chi connectivity index (χ3v) is 12.1. The first-order valence-electron chi connectivity index (χ1n) is 18.3. The van der Waals surface area contributed by atoms with Gasteiger partial charge in [-0.05, 0) is 56.5 Å². The number of anilines is 2. The molecule has 6 heterocycles. The highest BCUT2D eigenvalue weighted by atomic mass is 35.5. The Balaban J connectivity index is 0.00000207. The number of fused-ring (bicyclic) bond motifs is 3. The van der Waals surface area contributed by atoms with E-state index in [4.69, 9.17) is 5.10 Å². The number of piperazine rings is 2. The average molecular weight is 798 g/mol. The van der Waals surface area contributed by atoms with Gasteiger partial charge in [-0.3, -0.25) is 9.59 Å². The van der Waals surface area contributed by atoms with Gasteiger partial charge in [0.05, 0.1) is 33.5 Å². The summed E-state index contributed by atoms with van der Waals surface area (Å²) < 4.78 is 37.1. The molecular formula is C37H40Cl2F2N10O2S. The van der Waals surface area contributed by atoms with Crippen molar-refractivity contribution >= 4 is 74.3 Å². The molecule has 1 N–H and O–H groups in total. The van der Waals surface area contributed by atoms with Gasteiger partial charge in [0.2, 0.25) is 10.4 Å². The van der Waals surface area contributed by atoms with E-state index in [2.05, 4.69) is 41.4 Å². The summed E-state index contributed by atoms with van der Waals surface area (Å²) in [5.41, 5.74) is 2.40. The van der Waals surface area contributed by atoms with E-state index < -0.39 is 11.6 Å². The standard InChI is InChI=1S/C37H38F2N10O2S.2ClH/c1-2-44-11-13-46(14-12-44)32-18-29-23(15-28(32)39)33(50)25(19-47(29)21-3-4-21)35-41-42-37-49(35)43-36(52-37)26-20-48(22-5-6-22)30-17-31(45-9-7-40-8-10-45)27(38)16-24(30)34(26)51;;/h15-22,40H,2-14H2,1H3;2*1H. The summed E-state index contributed by atoms with van der Waals surface area (Å²) in [5, 5.41) is 17.8. The van der Waals surface area contributed by atoms with Gasteiger partial charge in [0, 0.05) is 87.6 Å². The predicted molar refractivity (Wildman–Crippen MR) is 213 cm³/mol. The Kier molecular flexibility index (Phi) is 9.66. The number of aromatic nitrogens is 6. The maximum absolute atomic E-state index is 15.8. The zero-order chi connectivity index (χ0) is 35.2. The highest BCUT2D eigenvalue weighted by molar-refractivity contribution is 7.19. The molecule has 54 heavy (non-hydrogen) atoms. The van der Waals surface area contributed by atoms with Crippen molar-refractivity contribution in [1.82, 2.24) is 39.2 Å². The fraction of sp³-hybridized carbons (Fsp3) is 0.432. The first-order chi connectivity index (χ1) is 25.4. The van der Waals surface area contributed by atoms with Crippen molar-refractivity contribution in [3.63, 3.8) is 0 Å². The number of benzene rings is 2. The summed E-state index contributed by atoms with van der Waals surface area (Å²) >= 11 is 1.19. The number of nitrogens with zero attached hydrogens (tertiary/aromatic N) is 9. The molecule has 0 radical (unpaired) electrons. The van der Waals surface area contributed by atoms with Gasteiger partial charge in [0.25, 0.3) is 0 Å². The molecule has 4 aromatic heterocycles. The molecule has 2 saturated heterocycles. The minimum absolute atomic E-state index is 0. The van der Waals surface area contributed by atoms with Gasteiger partial charge in [-0.1, -0.05) is 18.3 Å². The normalized spacial score (nSPS) is 18.1. The van der Waals surface area contributed by atoms with Crippen molar-refractivity contribution in [3.8, 4) is 22.0 Å². The molecule has 0 amide bonds. The predicted octanol–water partition coefficient (Wildman–Crippen LogP) is 5.49. The second-order valence-electron chi connectivity index (χ2n) is 14.4. The highest BCUT2D eigenvalue weighted by Crippen LogP contribution is 2.41. The number of likely N-dealkylation sites (N-methyl/N-ethyl adjacent to an activating group) is 1. The van der Waals surface area contributed by atoms with Crippen LogP contribution in [0.15, 0.2) is 46.2 Å². The van der Waals surface area contributed by atoms with E-state index in [1.54, 1.807) is 0 Å². The Labute approximate surface area is 325 Å². The smallest absolute Gasteiger partial charge is 0.235 e. The Morgan fingerprint density at radius 1 is 0.741 bits per heavy atom. The van der Waals surface area contributed by atoms with Crippen molar-refractivity contribution in [3.05, 3.63) is 68.7 Å². The number of hydrogen-bond donors (Lipinski definition) is 1. The van der Waals surface area contributed by atoms with Crippen LogP contribution >= 0.6 is 36.2 Å². The molecule has 10 rings (SSSR count). The average Bonchev–Trinajstić information content (AvgIpc) is 4.10. The molecule has 12 nitrogen and oxygen atoms in total. The maximum Gasteiger partial charge on any atom is 0.235 e.